The molecule has 1 saturated heterocycles. The van der Waals surface area contributed by atoms with Crippen molar-refractivity contribution in [3.05, 3.63) is 60.4 Å². The van der Waals surface area contributed by atoms with Gasteiger partial charge in [0.05, 0.1) is 18.1 Å². The van der Waals surface area contributed by atoms with Crippen molar-refractivity contribution in [3.8, 4) is 0 Å². The van der Waals surface area contributed by atoms with E-state index in [1.807, 2.05) is 42.5 Å². The molecule has 0 bridgehead atoms. The minimum atomic E-state index is -0.126. The van der Waals surface area contributed by atoms with Crippen molar-refractivity contribution in [2.75, 3.05) is 43.4 Å². The van der Waals surface area contributed by atoms with Gasteiger partial charge >= 0.3 is 0 Å². The topological polar surface area (TPSA) is 61.4 Å². The van der Waals surface area contributed by atoms with Crippen molar-refractivity contribution in [1.29, 1.82) is 0 Å². The molecule has 1 aromatic heterocycles. The zero-order chi connectivity index (χ0) is 17.9. The molecule has 4 rings (SSSR count). The first-order valence-electron chi connectivity index (χ1n) is 8.75. The summed E-state index contributed by atoms with van der Waals surface area (Å²) in [7, 11) is 2.14. The number of nitrogens with one attached hydrogen (secondary N) is 1. The fourth-order valence-electron chi connectivity index (χ4n) is 3.22. The fourth-order valence-corrected chi connectivity index (χ4v) is 3.22. The van der Waals surface area contributed by atoms with E-state index in [4.69, 9.17) is 0 Å². The molecule has 2 heterocycles. The van der Waals surface area contributed by atoms with Crippen LogP contribution in [0.2, 0.25) is 0 Å². The number of amides is 1. The van der Waals surface area contributed by atoms with E-state index in [1.165, 1.54) is 0 Å². The number of hydrogen-bond acceptors (Lipinski definition) is 5. The second-order valence-corrected chi connectivity index (χ2v) is 6.59. The van der Waals surface area contributed by atoms with Gasteiger partial charge < -0.3 is 15.1 Å². The highest BCUT2D eigenvalue weighted by Crippen LogP contribution is 2.23. The van der Waals surface area contributed by atoms with E-state index in [0.29, 0.717) is 5.56 Å². The van der Waals surface area contributed by atoms with Gasteiger partial charge in [-0.2, -0.15) is 10.2 Å². The number of hydrogen-bond donors (Lipinski definition) is 1. The molecule has 132 valence electrons. The van der Waals surface area contributed by atoms with Crippen LogP contribution in [-0.4, -0.2) is 54.2 Å². The van der Waals surface area contributed by atoms with Crippen LogP contribution < -0.4 is 10.2 Å². The van der Waals surface area contributed by atoms with Gasteiger partial charge in [-0.05, 0) is 37.4 Å². The second-order valence-electron chi connectivity index (χ2n) is 6.59. The highest BCUT2D eigenvalue weighted by atomic mass is 16.1. The van der Waals surface area contributed by atoms with E-state index < -0.39 is 0 Å². The van der Waals surface area contributed by atoms with Crippen LogP contribution in [0.25, 0.3) is 10.8 Å². The number of rotatable bonds is 3. The van der Waals surface area contributed by atoms with E-state index in [0.717, 1.165) is 48.3 Å². The number of carbonyl (C=O) groups is 1. The summed E-state index contributed by atoms with van der Waals surface area (Å²) < 4.78 is 0. The molecule has 1 aliphatic rings. The van der Waals surface area contributed by atoms with Gasteiger partial charge in [0.25, 0.3) is 5.91 Å². The smallest absolute Gasteiger partial charge is 0.255 e. The molecule has 0 atom stereocenters. The lowest BCUT2D eigenvalue weighted by Crippen LogP contribution is -2.44. The Morgan fingerprint density at radius 1 is 0.962 bits per heavy atom. The maximum Gasteiger partial charge on any atom is 0.255 e. The third-order valence-corrected chi connectivity index (χ3v) is 4.84. The molecule has 1 aliphatic heterocycles. The van der Waals surface area contributed by atoms with Gasteiger partial charge in [-0.25, -0.2) is 0 Å². The number of likely N-dealkylation sites (N-methyl/N-ethyl adjacent to an activating group) is 1. The third-order valence-electron chi connectivity index (χ3n) is 4.84. The van der Waals surface area contributed by atoms with Crippen LogP contribution in [0.15, 0.2) is 54.9 Å². The van der Waals surface area contributed by atoms with E-state index in [9.17, 15) is 4.79 Å². The van der Waals surface area contributed by atoms with Gasteiger partial charge in [0, 0.05) is 48.2 Å². The van der Waals surface area contributed by atoms with E-state index in [2.05, 4.69) is 32.4 Å². The number of benzene rings is 2. The molecular weight excluding hydrogens is 326 g/mol. The van der Waals surface area contributed by atoms with Crippen LogP contribution in [0, 0.1) is 0 Å². The zero-order valence-electron chi connectivity index (χ0n) is 14.7. The molecule has 6 heteroatoms. The predicted octanol–water partition coefficient (Wildman–Crippen LogP) is 2.63. The second kappa shape index (κ2) is 7.09. The molecule has 0 spiro atoms. The number of fused-ring (bicyclic) bond motifs is 1. The number of aromatic nitrogens is 2. The van der Waals surface area contributed by atoms with Crippen molar-refractivity contribution < 1.29 is 4.79 Å². The third kappa shape index (κ3) is 3.36. The molecule has 2 aromatic carbocycles. The lowest BCUT2D eigenvalue weighted by molar-refractivity contribution is 0.102. The van der Waals surface area contributed by atoms with E-state index in [1.54, 1.807) is 12.4 Å². The van der Waals surface area contributed by atoms with Crippen molar-refractivity contribution in [2.45, 2.75) is 0 Å². The summed E-state index contributed by atoms with van der Waals surface area (Å²) in [4.78, 5) is 17.3. The standard InChI is InChI=1S/C20H21N5O/c1-24-9-11-25(12-10-24)17-7-5-15(6-8-17)20(26)23-19-4-2-3-16-13-21-22-14-18(16)19/h2-8,13-14H,9-12H2,1H3,(H,23,26). The molecule has 1 fully saturated rings. The Bertz CT molecular complexity index is 912. The van der Waals surface area contributed by atoms with Crippen LogP contribution >= 0.6 is 0 Å². The van der Waals surface area contributed by atoms with Crippen LogP contribution in [-0.2, 0) is 0 Å². The first-order chi connectivity index (χ1) is 12.7. The average molecular weight is 347 g/mol. The summed E-state index contributed by atoms with van der Waals surface area (Å²) in [6, 6.07) is 13.5. The first kappa shape index (κ1) is 16.5. The maximum atomic E-state index is 12.6. The summed E-state index contributed by atoms with van der Waals surface area (Å²) >= 11 is 0. The van der Waals surface area contributed by atoms with Crippen LogP contribution in [0.5, 0.6) is 0 Å². The summed E-state index contributed by atoms with van der Waals surface area (Å²) in [5.41, 5.74) is 2.54. The predicted molar refractivity (Wildman–Crippen MR) is 104 cm³/mol. The van der Waals surface area contributed by atoms with Crippen molar-refractivity contribution in [1.82, 2.24) is 15.1 Å². The molecule has 6 nitrogen and oxygen atoms in total. The van der Waals surface area contributed by atoms with Gasteiger partial charge in [-0.1, -0.05) is 12.1 Å². The van der Waals surface area contributed by atoms with Crippen LogP contribution in [0.4, 0.5) is 11.4 Å². The van der Waals surface area contributed by atoms with E-state index >= 15 is 0 Å². The van der Waals surface area contributed by atoms with Gasteiger partial charge in [-0.15, -0.1) is 0 Å². The summed E-state index contributed by atoms with van der Waals surface area (Å²) in [6.07, 6.45) is 3.36. The first-order valence-corrected chi connectivity index (χ1v) is 8.75. The lowest BCUT2D eigenvalue weighted by Gasteiger charge is -2.34. The molecule has 3 aromatic rings. The minimum Gasteiger partial charge on any atom is -0.369 e. The number of anilines is 2. The Morgan fingerprint density at radius 2 is 1.69 bits per heavy atom. The molecule has 26 heavy (non-hydrogen) atoms. The largest absolute Gasteiger partial charge is 0.369 e. The van der Waals surface area contributed by atoms with Gasteiger partial charge in [-0.3, -0.25) is 4.79 Å². The monoisotopic (exact) mass is 347 g/mol. The Hall–Kier alpha value is -2.99. The highest BCUT2D eigenvalue weighted by Gasteiger charge is 2.15. The molecular formula is C20H21N5O. The molecule has 1 amide bonds. The fraction of sp³-hybridized carbons (Fsp3) is 0.250. The molecule has 0 saturated carbocycles. The molecule has 0 unspecified atom stereocenters. The highest BCUT2D eigenvalue weighted by molar-refractivity contribution is 6.09. The molecule has 0 aliphatic carbocycles. The van der Waals surface area contributed by atoms with E-state index in [-0.39, 0.29) is 5.91 Å². The van der Waals surface area contributed by atoms with Crippen molar-refractivity contribution in [3.63, 3.8) is 0 Å². The number of piperazine rings is 1. The quantitative estimate of drug-likeness (QED) is 0.789. The lowest BCUT2D eigenvalue weighted by atomic mass is 10.1. The van der Waals surface area contributed by atoms with Gasteiger partial charge in [0.15, 0.2) is 0 Å². The van der Waals surface area contributed by atoms with Crippen molar-refractivity contribution in [2.24, 2.45) is 0 Å². The Labute approximate surface area is 152 Å². The Kier molecular flexibility index (Phi) is 4.50. The van der Waals surface area contributed by atoms with Crippen molar-refractivity contribution >= 4 is 28.1 Å². The molecule has 1 N–H and O–H groups in total. The Morgan fingerprint density at radius 3 is 2.46 bits per heavy atom. The normalized spacial score (nSPS) is 15.2. The Balaban J connectivity index is 1.50. The maximum absolute atomic E-state index is 12.6. The molecule has 0 radical (unpaired) electrons. The van der Waals surface area contributed by atoms with Crippen LogP contribution in [0.1, 0.15) is 10.4 Å². The summed E-state index contributed by atoms with van der Waals surface area (Å²) in [6.45, 7) is 4.15. The number of carbonyl (C=O) groups excluding carboxylic acids is 1. The van der Waals surface area contributed by atoms with Gasteiger partial charge in [0.1, 0.15) is 0 Å². The van der Waals surface area contributed by atoms with Gasteiger partial charge in [0.2, 0.25) is 0 Å². The minimum absolute atomic E-state index is 0.126. The average Bonchev–Trinajstić information content (AvgIpc) is 2.69. The zero-order valence-corrected chi connectivity index (χ0v) is 14.7. The summed E-state index contributed by atoms with van der Waals surface area (Å²) in [5, 5.41) is 12.6. The number of nitrogens with zero attached hydrogens (tertiary/aromatic N) is 4. The SMILES string of the molecule is CN1CCN(c2ccc(C(=O)Nc3cccc4cnncc34)cc2)CC1. The van der Waals surface area contributed by atoms with Crippen LogP contribution in [0.3, 0.4) is 0 Å². The summed E-state index contributed by atoms with van der Waals surface area (Å²) in [5.74, 6) is -0.126.